The van der Waals surface area contributed by atoms with Gasteiger partial charge in [-0.15, -0.1) is 0 Å². The van der Waals surface area contributed by atoms with E-state index in [0.717, 1.165) is 11.3 Å². The van der Waals surface area contributed by atoms with Crippen molar-refractivity contribution in [2.45, 2.75) is 20.0 Å². The lowest BCUT2D eigenvalue weighted by Crippen LogP contribution is -3.00. The van der Waals surface area contributed by atoms with Gasteiger partial charge < -0.3 is 32.5 Å². The number of benzene rings is 1. The first-order chi connectivity index (χ1) is 9.56. The molecule has 0 aromatic heterocycles. The molecule has 0 aliphatic heterocycles. The number of nitrogens with zero attached hydrogens (tertiary/aromatic N) is 1. The minimum atomic E-state index is -0.658. The van der Waals surface area contributed by atoms with Crippen LogP contribution in [0.1, 0.15) is 11.1 Å². The lowest BCUT2D eigenvalue weighted by molar-refractivity contribution is -0.0000110. The van der Waals surface area contributed by atoms with Crippen molar-refractivity contribution in [2.75, 3.05) is 39.5 Å². The van der Waals surface area contributed by atoms with E-state index in [2.05, 4.69) is 0 Å². The Kier molecular flexibility index (Phi) is 10.4. The average molecular weight is 319 g/mol. The van der Waals surface area contributed by atoms with Gasteiger partial charge in [0.2, 0.25) is 0 Å². The molecule has 21 heavy (non-hydrogen) atoms. The van der Waals surface area contributed by atoms with Crippen molar-refractivity contribution in [2.24, 2.45) is 0 Å². The van der Waals surface area contributed by atoms with Crippen LogP contribution in [0.15, 0.2) is 18.2 Å². The SMILES string of the molecule is Cc1ccc(OCC(O)CN(CCO)CCO)cc1C.[Cl-]. The van der Waals surface area contributed by atoms with Gasteiger partial charge in [-0.1, -0.05) is 6.07 Å². The van der Waals surface area contributed by atoms with Crippen molar-refractivity contribution in [3.05, 3.63) is 29.3 Å². The molecular formula is C15H25ClNO4-. The maximum absolute atomic E-state index is 9.93. The van der Waals surface area contributed by atoms with Crippen molar-refractivity contribution >= 4 is 0 Å². The maximum Gasteiger partial charge on any atom is 0.119 e. The molecule has 0 aliphatic carbocycles. The Balaban J connectivity index is 0.00000400. The van der Waals surface area contributed by atoms with Crippen LogP contribution in [0.4, 0.5) is 0 Å². The van der Waals surface area contributed by atoms with E-state index in [1.54, 1.807) is 4.90 Å². The van der Waals surface area contributed by atoms with Gasteiger partial charge in [0.25, 0.3) is 0 Å². The Bertz CT molecular complexity index is 397. The van der Waals surface area contributed by atoms with Crippen molar-refractivity contribution < 1.29 is 32.5 Å². The summed E-state index contributed by atoms with van der Waals surface area (Å²) in [4.78, 5) is 1.80. The highest BCUT2D eigenvalue weighted by Crippen LogP contribution is 2.16. The van der Waals surface area contributed by atoms with Crippen LogP contribution in [-0.4, -0.2) is 65.8 Å². The molecule has 0 bridgehead atoms. The minimum absolute atomic E-state index is 0. The molecule has 0 amide bonds. The van der Waals surface area contributed by atoms with E-state index in [1.807, 2.05) is 32.0 Å². The number of aryl methyl sites for hydroxylation is 2. The predicted molar refractivity (Wildman–Crippen MR) is 78.0 cm³/mol. The second-order valence-corrected chi connectivity index (χ2v) is 4.96. The smallest absolute Gasteiger partial charge is 0.119 e. The van der Waals surface area contributed by atoms with E-state index in [-0.39, 0.29) is 32.2 Å². The van der Waals surface area contributed by atoms with E-state index in [1.165, 1.54) is 5.56 Å². The first kappa shape index (κ1) is 20.1. The third-order valence-electron chi connectivity index (χ3n) is 3.22. The summed E-state index contributed by atoms with van der Waals surface area (Å²) in [5, 5.41) is 27.7. The summed E-state index contributed by atoms with van der Waals surface area (Å²) < 4.78 is 5.56. The number of aliphatic hydroxyl groups excluding tert-OH is 3. The first-order valence-electron chi connectivity index (χ1n) is 6.89. The number of ether oxygens (including phenoxy) is 1. The molecule has 5 nitrogen and oxygen atoms in total. The van der Waals surface area contributed by atoms with Crippen LogP contribution in [-0.2, 0) is 0 Å². The summed E-state index contributed by atoms with van der Waals surface area (Å²) in [5.74, 6) is 0.739. The Morgan fingerprint density at radius 3 is 2.24 bits per heavy atom. The van der Waals surface area contributed by atoms with Gasteiger partial charge in [-0.2, -0.15) is 0 Å². The highest BCUT2D eigenvalue weighted by Gasteiger charge is 2.12. The fourth-order valence-electron chi connectivity index (χ4n) is 1.92. The molecule has 1 unspecified atom stereocenters. The number of hydrogen-bond acceptors (Lipinski definition) is 5. The average Bonchev–Trinajstić information content (AvgIpc) is 2.41. The molecule has 0 heterocycles. The van der Waals surface area contributed by atoms with Gasteiger partial charge in [0.15, 0.2) is 0 Å². The molecule has 0 fully saturated rings. The maximum atomic E-state index is 9.93. The molecule has 0 spiro atoms. The number of halogens is 1. The molecular weight excluding hydrogens is 294 g/mol. The van der Waals surface area contributed by atoms with Crippen molar-refractivity contribution in [1.29, 1.82) is 0 Å². The molecule has 1 rings (SSSR count). The van der Waals surface area contributed by atoms with Crippen LogP contribution in [0.5, 0.6) is 5.75 Å². The number of rotatable bonds is 9. The second kappa shape index (κ2) is 10.8. The zero-order chi connectivity index (χ0) is 15.0. The molecule has 3 N–H and O–H groups in total. The molecule has 0 saturated carbocycles. The van der Waals surface area contributed by atoms with E-state index < -0.39 is 6.10 Å². The van der Waals surface area contributed by atoms with Gasteiger partial charge >= 0.3 is 0 Å². The van der Waals surface area contributed by atoms with Crippen LogP contribution in [0, 0.1) is 13.8 Å². The molecule has 122 valence electrons. The summed E-state index contributed by atoms with van der Waals surface area (Å²) in [5.41, 5.74) is 2.36. The third kappa shape index (κ3) is 7.64. The lowest BCUT2D eigenvalue weighted by atomic mass is 10.1. The topological polar surface area (TPSA) is 73.2 Å². The standard InChI is InChI=1S/C15H25NO4.ClH/c1-12-3-4-15(9-13(12)2)20-11-14(19)10-16(5-7-17)6-8-18;/h3-4,9,14,17-19H,5-8,10-11H2,1-2H3;1H/p-1. The molecule has 6 heteroatoms. The van der Waals surface area contributed by atoms with Crippen molar-refractivity contribution in [1.82, 2.24) is 4.90 Å². The van der Waals surface area contributed by atoms with Gasteiger partial charge in [0.1, 0.15) is 18.5 Å². The van der Waals surface area contributed by atoms with E-state index >= 15 is 0 Å². The molecule has 0 saturated heterocycles. The van der Waals surface area contributed by atoms with Crippen LogP contribution < -0.4 is 17.1 Å². The number of hydrogen-bond donors (Lipinski definition) is 3. The monoisotopic (exact) mass is 318 g/mol. The van der Waals surface area contributed by atoms with Gasteiger partial charge in [-0.05, 0) is 37.1 Å². The van der Waals surface area contributed by atoms with Gasteiger partial charge in [-0.25, -0.2) is 0 Å². The Morgan fingerprint density at radius 1 is 1.10 bits per heavy atom. The van der Waals surface area contributed by atoms with Crippen molar-refractivity contribution in [3.63, 3.8) is 0 Å². The Morgan fingerprint density at radius 2 is 1.71 bits per heavy atom. The molecule has 1 aromatic carbocycles. The van der Waals surface area contributed by atoms with Crippen molar-refractivity contribution in [3.8, 4) is 5.75 Å². The molecule has 0 aliphatic rings. The fourth-order valence-corrected chi connectivity index (χ4v) is 1.92. The van der Waals surface area contributed by atoms with Crippen LogP contribution >= 0.6 is 0 Å². The summed E-state index contributed by atoms with van der Waals surface area (Å²) in [6.45, 7) is 5.48. The van der Waals surface area contributed by atoms with Gasteiger partial charge in [0, 0.05) is 19.6 Å². The van der Waals surface area contributed by atoms with Crippen LogP contribution in [0.2, 0.25) is 0 Å². The van der Waals surface area contributed by atoms with Crippen LogP contribution in [0.3, 0.4) is 0 Å². The molecule has 1 atom stereocenters. The zero-order valence-corrected chi connectivity index (χ0v) is 13.4. The largest absolute Gasteiger partial charge is 1.00 e. The van der Waals surface area contributed by atoms with E-state index in [4.69, 9.17) is 14.9 Å². The van der Waals surface area contributed by atoms with Crippen LogP contribution in [0.25, 0.3) is 0 Å². The highest BCUT2D eigenvalue weighted by atomic mass is 35.5. The quantitative estimate of drug-likeness (QED) is 0.463. The number of aliphatic hydroxyl groups is 3. The normalized spacial score (nSPS) is 12.1. The first-order valence-corrected chi connectivity index (χ1v) is 6.89. The summed E-state index contributed by atoms with van der Waals surface area (Å²) in [6.07, 6.45) is -0.658. The minimum Gasteiger partial charge on any atom is -1.00 e. The fraction of sp³-hybridized carbons (Fsp3) is 0.600. The highest BCUT2D eigenvalue weighted by molar-refractivity contribution is 5.33. The second-order valence-electron chi connectivity index (χ2n) is 4.96. The van der Waals surface area contributed by atoms with E-state index in [0.29, 0.717) is 19.6 Å². The lowest BCUT2D eigenvalue weighted by Gasteiger charge is -2.23. The third-order valence-corrected chi connectivity index (χ3v) is 3.22. The Labute approximate surface area is 132 Å². The predicted octanol–water partition coefficient (Wildman–Crippen LogP) is -2.67. The van der Waals surface area contributed by atoms with Gasteiger partial charge in [0.05, 0.1) is 13.2 Å². The van der Waals surface area contributed by atoms with E-state index in [9.17, 15) is 5.11 Å². The summed E-state index contributed by atoms with van der Waals surface area (Å²) in [6, 6.07) is 5.82. The Hall–Kier alpha value is -0.850. The molecule has 0 radical (unpaired) electrons. The van der Waals surface area contributed by atoms with Gasteiger partial charge in [-0.3, -0.25) is 4.90 Å². The molecule has 1 aromatic rings. The summed E-state index contributed by atoms with van der Waals surface area (Å²) in [7, 11) is 0. The zero-order valence-electron chi connectivity index (χ0n) is 12.6. The summed E-state index contributed by atoms with van der Waals surface area (Å²) >= 11 is 0.